The second-order valence-electron chi connectivity index (χ2n) is 6.77. The van der Waals surface area contributed by atoms with E-state index in [1.165, 1.54) is 10.9 Å². The van der Waals surface area contributed by atoms with E-state index in [1.807, 2.05) is 37.3 Å². The van der Waals surface area contributed by atoms with Gasteiger partial charge in [-0.15, -0.1) is 5.10 Å². The number of methoxy groups -OCH3 is 1. The Kier molecular flexibility index (Phi) is 6.45. The van der Waals surface area contributed by atoms with Crippen LogP contribution in [0.25, 0.3) is 11.3 Å². The van der Waals surface area contributed by atoms with Gasteiger partial charge in [0.05, 0.1) is 19.9 Å². The van der Waals surface area contributed by atoms with Crippen molar-refractivity contribution in [2.45, 2.75) is 13.1 Å². The Morgan fingerprint density at radius 2 is 2.12 bits per heavy atom. The van der Waals surface area contributed by atoms with E-state index in [-0.39, 0.29) is 11.5 Å². The van der Waals surface area contributed by atoms with Crippen LogP contribution in [0, 0.1) is 0 Å². The maximum absolute atomic E-state index is 12.9. The predicted molar refractivity (Wildman–Crippen MR) is 120 cm³/mol. The highest BCUT2D eigenvalue weighted by Crippen LogP contribution is 2.28. The van der Waals surface area contributed by atoms with Crippen molar-refractivity contribution in [3.63, 3.8) is 0 Å². The minimum absolute atomic E-state index is 0.0598. The lowest BCUT2D eigenvalue weighted by Crippen LogP contribution is -2.33. The van der Waals surface area contributed by atoms with Gasteiger partial charge in [0.25, 0.3) is 5.91 Å². The Labute approximate surface area is 189 Å². The molecule has 1 unspecified atom stereocenters. The van der Waals surface area contributed by atoms with Gasteiger partial charge in [-0.2, -0.15) is 5.10 Å². The van der Waals surface area contributed by atoms with E-state index in [9.17, 15) is 4.79 Å². The van der Waals surface area contributed by atoms with Gasteiger partial charge >= 0.3 is 0 Å². The van der Waals surface area contributed by atoms with E-state index in [1.54, 1.807) is 25.3 Å². The van der Waals surface area contributed by atoms with Crippen LogP contribution < -0.4 is 26.1 Å². The molecule has 0 saturated carbocycles. The number of oxime groups is 1. The van der Waals surface area contributed by atoms with Crippen LogP contribution in [0.4, 0.5) is 0 Å². The van der Waals surface area contributed by atoms with Crippen molar-refractivity contribution >= 4 is 18.0 Å². The van der Waals surface area contributed by atoms with Crippen molar-refractivity contribution in [2.24, 2.45) is 16.0 Å². The number of nitrogens with one attached hydrogen (secondary N) is 2. The number of aromatic nitrogens is 3. The zero-order valence-electron chi connectivity index (χ0n) is 17.9. The topological polar surface area (TPSA) is 150 Å². The summed E-state index contributed by atoms with van der Waals surface area (Å²) in [7, 11) is 1.57. The van der Waals surface area contributed by atoms with E-state index in [0.717, 1.165) is 0 Å². The average Bonchev–Trinajstić information content (AvgIpc) is 3.46. The molecule has 12 heteroatoms. The minimum Gasteiger partial charge on any atom is -0.493 e. The van der Waals surface area contributed by atoms with Crippen LogP contribution in [-0.4, -0.2) is 46.7 Å². The molecule has 0 radical (unpaired) electrons. The second-order valence-corrected chi connectivity index (χ2v) is 6.77. The number of hydroxylamine groups is 1. The van der Waals surface area contributed by atoms with E-state index in [4.69, 9.17) is 20.1 Å². The molecule has 0 saturated heterocycles. The second kappa shape index (κ2) is 9.78. The van der Waals surface area contributed by atoms with Crippen LogP contribution in [0.2, 0.25) is 0 Å². The molecule has 1 aromatic heterocycles. The Morgan fingerprint density at radius 3 is 2.82 bits per heavy atom. The number of hydrogen-bond acceptors (Lipinski definition) is 10. The lowest BCUT2D eigenvalue weighted by Gasteiger charge is -2.12. The van der Waals surface area contributed by atoms with Crippen LogP contribution in [0.3, 0.4) is 0 Å². The molecule has 0 fully saturated rings. The lowest BCUT2D eigenvalue weighted by molar-refractivity contribution is 0.0441. The predicted octanol–water partition coefficient (Wildman–Crippen LogP) is 1.42. The third kappa shape index (κ3) is 4.60. The number of rotatable bonds is 8. The molecule has 1 atom stereocenters. The van der Waals surface area contributed by atoms with E-state index >= 15 is 0 Å². The summed E-state index contributed by atoms with van der Waals surface area (Å²) in [6.07, 6.45) is 0.776. The number of nitrogens with two attached hydrogens (primary N) is 1. The molecule has 0 bridgehead atoms. The lowest BCUT2D eigenvalue weighted by atomic mass is 10.1. The van der Waals surface area contributed by atoms with Crippen molar-refractivity contribution in [3.05, 3.63) is 59.8 Å². The molecule has 33 heavy (non-hydrogen) atoms. The normalized spacial score (nSPS) is 15.2. The fraction of sp³-hybridized carbons (Fsp3) is 0.190. The summed E-state index contributed by atoms with van der Waals surface area (Å²) < 4.78 is 12.3. The molecule has 2 heterocycles. The molecule has 0 aliphatic carbocycles. The van der Waals surface area contributed by atoms with Gasteiger partial charge in [0, 0.05) is 5.56 Å². The Hall–Kier alpha value is -4.45. The van der Waals surface area contributed by atoms with Crippen LogP contribution >= 0.6 is 0 Å². The van der Waals surface area contributed by atoms with Crippen molar-refractivity contribution in [1.82, 2.24) is 25.9 Å². The third-order valence-electron chi connectivity index (χ3n) is 4.66. The smallest absolute Gasteiger partial charge is 0.294 e. The summed E-state index contributed by atoms with van der Waals surface area (Å²) >= 11 is 0. The molecule has 12 nitrogen and oxygen atoms in total. The number of amidine groups is 1. The van der Waals surface area contributed by atoms with Crippen LogP contribution in [-0.2, 0) is 4.94 Å². The Bertz CT molecular complexity index is 1190. The monoisotopic (exact) mass is 450 g/mol. The molecule has 3 aromatic rings. The number of hydrogen-bond donors (Lipinski definition) is 3. The maximum atomic E-state index is 12.9. The number of hydrazone groups is 1. The molecule has 1 aliphatic rings. The molecule has 170 valence electrons. The highest BCUT2D eigenvalue weighted by molar-refractivity contribution is 5.99. The van der Waals surface area contributed by atoms with E-state index in [2.05, 4.69) is 31.5 Å². The van der Waals surface area contributed by atoms with Crippen molar-refractivity contribution in [3.8, 4) is 22.8 Å². The molecule has 4 N–H and O–H groups in total. The number of nitrogens with zero attached hydrogens (tertiary/aromatic N) is 5. The average molecular weight is 450 g/mol. The fourth-order valence-electron chi connectivity index (χ4n) is 3.17. The van der Waals surface area contributed by atoms with Gasteiger partial charge in [0.15, 0.2) is 29.2 Å². The summed E-state index contributed by atoms with van der Waals surface area (Å²) in [5.74, 6) is 0.778. The molecule has 0 spiro atoms. The summed E-state index contributed by atoms with van der Waals surface area (Å²) in [5.41, 5.74) is 12.9. The fourth-order valence-corrected chi connectivity index (χ4v) is 3.17. The number of benzene rings is 2. The molecular weight excluding hydrogens is 428 g/mol. The van der Waals surface area contributed by atoms with Gasteiger partial charge in [-0.1, -0.05) is 41.0 Å². The summed E-state index contributed by atoms with van der Waals surface area (Å²) in [6.45, 7) is 2.37. The summed E-state index contributed by atoms with van der Waals surface area (Å²) in [4.78, 5) is 17.7. The first-order valence-electron chi connectivity index (χ1n) is 10.0. The van der Waals surface area contributed by atoms with Gasteiger partial charge in [-0.05, 0) is 35.8 Å². The van der Waals surface area contributed by atoms with E-state index < -0.39 is 12.1 Å². The van der Waals surface area contributed by atoms with Crippen LogP contribution in [0.15, 0.2) is 58.8 Å². The zero-order chi connectivity index (χ0) is 23.2. The van der Waals surface area contributed by atoms with Crippen molar-refractivity contribution in [2.75, 3.05) is 13.7 Å². The number of ether oxygens (including phenoxy) is 2. The zero-order valence-corrected chi connectivity index (χ0v) is 17.9. The van der Waals surface area contributed by atoms with Gasteiger partial charge < -0.3 is 15.2 Å². The molecule has 2 aromatic carbocycles. The number of carbonyl (C=O) groups excluding carboxylic acids is 1. The first-order chi connectivity index (χ1) is 16.1. The van der Waals surface area contributed by atoms with Gasteiger partial charge in [-0.3, -0.25) is 9.73 Å². The Morgan fingerprint density at radius 1 is 1.30 bits per heavy atom. The number of amides is 1. The molecule has 1 aliphatic heterocycles. The van der Waals surface area contributed by atoms with Crippen molar-refractivity contribution in [1.29, 1.82) is 0 Å². The minimum atomic E-state index is -0.714. The first-order valence-corrected chi connectivity index (χ1v) is 10.0. The summed E-state index contributed by atoms with van der Waals surface area (Å²) in [6, 6.07) is 14.5. The number of carbonyl (C=O) groups is 1. The van der Waals surface area contributed by atoms with Gasteiger partial charge in [0.2, 0.25) is 0 Å². The Balaban J connectivity index is 1.58. The molecule has 4 rings (SSSR count). The van der Waals surface area contributed by atoms with Crippen LogP contribution in [0.5, 0.6) is 11.5 Å². The highest BCUT2D eigenvalue weighted by atomic mass is 16.8. The first kappa shape index (κ1) is 21.8. The summed E-state index contributed by atoms with van der Waals surface area (Å²) in [5, 5.41) is 15.8. The van der Waals surface area contributed by atoms with Gasteiger partial charge in [-0.25, -0.2) is 10.1 Å². The molecular formula is C21H22N8O4. The maximum Gasteiger partial charge on any atom is 0.294 e. The van der Waals surface area contributed by atoms with Crippen LogP contribution in [0.1, 0.15) is 29.1 Å². The largest absolute Gasteiger partial charge is 0.493 e. The SMILES string of the molecule is CCOc1cc(/C=N/NC(=O)c2nnn(C3NON=C3N)c2-c2ccccc2)ccc1OC. The quantitative estimate of drug-likeness (QED) is 0.344. The molecule has 1 amide bonds. The standard InChI is InChI=1S/C21H22N8O4/c1-3-32-16-11-13(9-10-15(16)31-2)12-23-25-21(30)17-18(14-7-5-4-6-8-14)29(28-24-17)20-19(22)26-33-27-20/h4-12,20,27H,3H2,1-2H3,(H2,22,26)(H,25,30)/b23-12+. The van der Waals surface area contributed by atoms with Gasteiger partial charge in [0.1, 0.15) is 5.69 Å². The van der Waals surface area contributed by atoms with E-state index in [0.29, 0.717) is 34.9 Å². The van der Waals surface area contributed by atoms with Crippen molar-refractivity contribution < 1.29 is 19.2 Å². The third-order valence-corrected chi connectivity index (χ3v) is 4.66. The highest BCUT2D eigenvalue weighted by Gasteiger charge is 2.30.